The molecule has 0 atom stereocenters. The highest BCUT2D eigenvalue weighted by Crippen LogP contribution is 2.33. The molecule has 0 aromatic carbocycles. The molecule has 2 saturated heterocycles. The van der Waals surface area contributed by atoms with Crippen LogP contribution in [-0.4, -0.2) is 85.0 Å². The summed E-state index contributed by atoms with van der Waals surface area (Å²) in [7, 11) is -1.61. The first-order valence-electron chi connectivity index (χ1n) is 10.2. The van der Waals surface area contributed by atoms with Crippen molar-refractivity contribution in [3.63, 3.8) is 0 Å². The summed E-state index contributed by atoms with van der Waals surface area (Å²) in [5.74, 6) is -0.739. The van der Waals surface area contributed by atoms with Crippen LogP contribution in [0.4, 0.5) is 4.79 Å². The molecular formula is C18H31N5O5S. The van der Waals surface area contributed by atoms with E-state index in [1.165, 1.54) is 10.6 Å². The van der Waals surface area contributed by atoms with Crippen molar-refractivity contribution in [2.45, 2.75) is 62.9 Å². The molecule has 3 fully saturated rings. The second kappa shape index (κ2) is 8.57. The largest absolute Gasteiger partial charge is 0.344 e. The van der Waals surface area contributed by atoms with Gasteiger partial charge in [0.1, 0.15) is 5.54 Å². The third-order valence-corrected chi connectivity index (χ3v) is 7.70. The minimum Gasteiger partial charge on any atom is -0.322 e. The van der Waals surface area contributed by atoms with E-state index in [0.29, 0.717) is 45.3 Å². The topological polar surface area (TPSA) is 119 Å². The van der Waals surface area contributed by atoms with Crippen LogP contribution in [0.25, 0.3) is 0 Å². The molecule has 0 aromatic rings. The number of sulfonamides is 1. The highest BCUT2D eigenvalue weighted by atomic mass is 32.2. The van der Waals surface area contributed by atoms with E-state index in [-0.39, 0.29) is 24.3 Å². The molecule has 3 rings (SSSR count). The number of imide groups is 1. The molecule has 4 amide bonds. The first kappa shape index (κ1) is 22.0. The van der Waals surface area contributed by atoms with E-state index in [4.69, 9.17) is 0 Å². The monoisotopic (exact) mass is 429 g/mol. The van der Waals surface area contributed by atoms with Crippen LogP contribution in [0, 0.1) is 0 Å². The van der Waals surface area contributed by atoms with E-state index in [1.54, 1.807) is 7.05 Å². The number of likely N-dealkylation sites (tertiary alicyclic amines) is 1. The summed E-state index contributed by atoms with van der Waals surface area (Å²) >= 11 is 0. The van der Waals surface area contributed by atoms with Gasteiger partial charge in [-0.05, 0) is 38.8 Å². The lowest BCUT2D eigenvalue weighted by Crippen LogP contribution is -2.51. The van der Waals surface area contributed by atoms with Crippen molar-refractivity contribution in [3.05, 3.63) is 0 Å². The van der Waals surface area contributed by atoms with Gasteiger partial charge >= 0.3 is 6.03 Å². The quantitative estimate of drug-likeness (QED) is 0.575. The lowest BCUT2D eigenvalue weighted by Gasteiger charge is -2.35. The van der Waals surface area contributed by atoms with Gasteiger partial charge in [-0.25, -0.2) is 17.5 Å². The zero-order valence-corrected chi connectivity index (χ0v) is 18.0. The third-order valence-electron chi connectivity index (χ3n) is 6.35. The summed E-state index contributed by atoms with van der Waals surface area (Å²) < 4.78 is 24.7. The fourth-order valence-corrected chi connectivity index (χ4v) is 5.19. The minimum absolute atomic E-state index is 0.0207. The van der Waals surface area contributed by atoms with Crippen molar-refractivity contribution in [3.8, 4) is 0 Å². The fraction of sp³-hybridized carbons (Fsp3) is 0.833. The Kier molecular flexibility index (Phi) is 6.49. The van der Waals surface area contributed by atoms with Crippen LogP contribution in [0.1, 0.15) is 51.4 Å². The summed E-state index contributed by atoms with van der Waals surface area (Å²) in [6, 6.07) is -0.581. The molecular weight excluding hydrogens is 398 g/mol. The Hall–Kier alpha value is -1.72. The molecule has 1 aliphatic carbocycles. The van der Waals surface area contributed by atoms with Crippen molar-refractivity contribution in [2.24, 2.45) is 0 Å². The molecule has 0 unspecified atom stereocenters. The second-order valence-electron chi connectivity index (χ2n) is 8.35. The number of carbonyl (C=O) groups excluding carboxylic acids is 3. The SMILES string of the molecule is CN(C1CCN(CCC(=O)NN2C(=O)NC3(CCCCC3)C2=O)CC1)S(C)(=O)=O. The number of urea groups is 1. The van der Waals surface area contributed by atoms with Gasteiger partial charge < -0.3 is 10.2 Å². The number of rotatable bonds is 6. The maximum absolute atomic E-state index is 12.7. The average Bonchev–Trinajstić information content (AvgIpc) is 2.90. The van der Waals surface area contributed by atoms with Crippen LogP contribution in [0.2, 0.25) is 0 Å². The smallest absolute Gasteiger partial charge is 0.322 e. The second-order valence-corrected chi connectivity index (χ2v) is 10.4. The average molecular weight is 430 g/mol. The Morgan fingerprint density at radius 3 is 2.41 bits per heavy atom. The van der Waals surface area contributed by atoms with Gasteiger partial charge in [0.25, 0.3) is 5.91 Å². The molecule has 2 aliphatic heterocycles. The summed E-state index contributed by atoms with van der Waals surface area (Å²) in [5, 5.41) is 3.60. The zero-order valence-electron chi connectivity index (χ0n) is 17.1. The number of hydrogen-bond acceptors (Lipinski definition) is 6. The summed E-state index contributed by atoms with van der Waals surface area (Å²) in [6.07, 6.45) is 6.83. The molecule has 2 heterocycles. The Morgan fingerprint density at radius 2 is 1.83 bits per heavy atom. The molecule has 0 aromatic heterocycles. The Balaban J connectivity index is 1.44. The van der Waals surface area contributed by atoms with Gasteiger partial charge in [0.15, 0.2) is 0 Å². The standard InChI is InChI=1S/C18H31N5O5S/c1-21(29(2,27)28)14-6-11-22(12-7-14)13-8-15(24)20-23-16(25)18(19-17(23)26)9-4-3-5-10-18/h14H,3-13H2,1-2H3,(H,19,26)(H,20,24). The number of amides is 4. The third kappa shape index (κ3) is 4.89. The molecule has 0 radical (unpaired) electrons. The predicted octanol–water partition coefficient (Wildman–Crippen LogP) is 0.0182. The van der Waals surface area contributed by atoms with Gasteiger partial charge in [-0.2, -0.15) is 5.01 Å². The molecule has 1 saturated carbocycles. The molecule has 3 aliphatic rings. The number of carbonyl (C=O) groups is 3. The van der Waals surface area contributed by atoms with E-state index in [9.17, 15) is 22.8 Å². The Bertz CT molecular complexity index is 757. The molecule has 29 heavy (non-hydrogen) atoms. The van der Waals surface area contributed by atoms with Gasteiger partial charge in [0.05, 0.1) is 6.26 Å². The van der Waals surface area contributed by atoms with Gasteiger partial charge in [0.2, 0.25) is 15.9 Å². The van der Waals surface area contributed by atoms with Crippen molar-refractivity contribution >= 4 is 27.9 Å². The van der Waals surface area contributed by atoms with Crippen LogP contribution in [-0.2, 0) is 19.6 Å². The number of nitrogens with one attached hydrogen (secondary N) is 2. The van der Waals surface area contributed by atoms with Crippen molar-refractivity contribution in [1.82, 2.24) is 25.0 Å². The fourth-order valence-electron chi connectivity index (χ4n) is 4.43. The number of nitrogens with zero attached hydrogens (tertiary/aromatic N) is 3. The van der Waals surface area contributed by atoms with Crippen LogP contribution in [0.5, 0.6) is 0 Å². The van der Waals surface area contributed by atoms with Crippen LogP contribution >= 0.6 is 0 Å². The number of hydrazine groups is 1. The van der Waals surface area contributed by atoms with E-state index in [0.717, 1.165) is 24.3 Å². The zero-order chi connectivity index (χ0) is 21.2. The van der Waals surface area contributed by atoms with Gasteiger partial charge in [-0.15, -0.1) is 0 Å². The maximum atomic E-state index is 12.7. The lowest BCUT2D eigenvalue weighted by molar-refractivity contribution is -0.140. The Labute approximate surface area is 172 Å². The first-order chi connectivity index (χ1) is 13.6. The number of hydrogen-bond donors (Lipinski definition) is 2. The number of piperidine rings is 1. The molecule has 2 N–H and O–H groups in total. The van der Waals surface area contributed by atoms with Gasteiger partial charge in [0, 0.05) is 26.1 Å². The molecule has 10 nitrogen and oxygen atoms in total. The van der Waals surface area contributed by atoms with Gasteiger partial charge in [-0.1, -0.05) is 19.3 Å². The van der Waals surface area contributed by atoms with Crippen molar-refractivity contribution in [2.75, 3.05) is 32.9 Å². The molecule has 1 spiro atoms. The van der Waals surface area contributed by atoms with E-state index >= 15 is 0 Å². The normalized spacial score (nSPS) is 23.6. The highest BCUT2D eigenvalue weighted by Gasteiger charge is 2.52. The minimum atomic E-state index is -3.21. The van der Waals surface area contributed by atoms with Crippen molar-refractivity contribution < 1.29 is 22.8 Å². The van der Waals surface area contributed by atoms with Crippen LogP contribution in [0.3, 0.4) is 0 Å². The molecule has 164 valence electrons. The predicted molar refractivity (Wildman–Crippen MR) is 106 cm³/mol. The Morgan fingerprint density at radius 1 is 1.21 bits per heavy atom. The van der Waals surface area contributed by atoms with Gasteiger partial charge in [-0.3, -0.25) is 15.0 Å². The highest BCUT2D eigenvalue weighted by molar-refractivity contribution is 7.88. The summed E-state index contributed by atoms with van der Waals surface area (Å²) in [4.78, 5) is 39.3. The first-order valence-corrected chi connectivity index (χ1v) is 12.1. The lowest BCUT2D eigenvalue weighted by atomic mass is 9.82. The summed E-state index contributed by atoms with van der Waals surface area (Å²) in [6.45, 7) is 1.89. The van der Waals surface area contributed by atoms with Crippen molar-refractivity contribution in [1.29, 1.82) is 0 Å². The van der Waals surface area contributed by atoms with E-state index < -0.39 is 21.6 Å². The van der Waals surface area contributed by atoms with E-state index in [2.05, 4.69) is 15.6 Å². The van der Waals surface area contributed by atoms with E-state index in [1.807, 2.05) is 0 Å². The molecule has 0 bridgehead atoms. The summed E-state index contributed by atoms with van der Waals surface area (Å²) in [5.41, 5.74) is 1.60. The van der Waals surface area contributed by atoms with Crippen LogP contribution < -0.4 is 10.7 Å². The molecule has 11 heteroatoms. The maximum Gasteiger partial charge on any atom is 0.344 e. The van der Waals surface area contributed by atoms with Crippen LogP contribution in [0.15, 0.2) is 0 Å².